The zero-order valence-electron chi connectivity index (χ0n) is 8.42. The molecule has 1 aromatic rings. The molecule has 0 N–H and O–H groups in total. The number of benzene rings is 1. The highest BCUT2D eigenvalue weighted by atomic mass is 14.0. The molecule has 1 rings (SSSR count). The number of hydrogen-bond acceptors (Lipinski definition) is 0. The molecule has 70 valence electrons. The van der Waals surface area contributed by atoms with Crippen molar-refractivity contribution in [2.24, 2.45) is 0 Å². The molecule has 0 bridgehead atoms. The zero-order chi connectivity index (χ0) is 9.52. The lowest BCUT2D eigenvalue weighted by Gasteiger charge is -2.04. The van der Waals surface area contributed by atoms with E-state index >= 15 is 0 Å². The third-order valence-corrected chi connectivity index (χ3v) is 2.18. The molecule has 0 aliphatic heterocycles. The molecule has 0 unspecified atom stereocenters. The maximum absolute atomic E-state index is 4.09. The van der Waals surface area contributed by atoms with Crippen molar-refractivity contribution in [2.45, 2.75) is 32.6 Å². The van der Waals surface area contributed by atoms with Gasteiger partial charge in [0, 0.05) is 0 Å². The summed E-state index contributed by atoms with van der Waals surface area (Å²) in [5.74, 6) is 0. The fraction of sp³-hybridized carbons (Fsp3) is 0.385. The molecular formula is C13H18. The Kier molecular flexibility index (Phi) is 4.31. The van der Waals surface area contributed by atoms with Crippen LogP contribution in [0.1, 0.15) is 31.7 Å². The average molecular weight is 174 g/mol. The minimum atomic E-state index is 1.04. The predicted molar refractivity (Wildman–Crippen MR) is 58.8 cm³/mol. The molecule has 0 saturated carbocycles. The normalized spacial score (nSPS) is 9.92. The Balaban J connectivity index is 2.37. The van der Waals surface area contributed by atoms with E-state index in [0.717, 1.165) is 6.42 Å². The van der Waals surface area contributed by atoms with Crippen molar-refractivity contribution in [2.75, 3.05) is 0 Å². The molecule has 0 spiro atoms. The standard InChI is InChI=1S/C13H18/c1-3-4-8-12(2)11-13-9-6-5-7-10-13/h5-7,9-10H,2-4,8,11H2,1H3. The second-order valence-electron chi connectivity index (χ2n) is 3.52. The summed E-state index contributed by atoms with van der Waals surface area (Å²) in [6.45, 7) is 6.31. The van der Waals surface area contributed by atoms with Crippen LogP contribution in [0, 0.1) is 0 Å². The van der Waals surface area contributed by atoms with Crippen molar-refractivity contribution in [3.63, 3.8) is 0 Å². The second-order valence-corrected chi connectivity index (χ2v) is 3.52. The summed E-state index contributed by atoms with van der Waals surface area (Å²) in [5, 5.41) is 0. The first-order chi connectivity index (χ1) is 6.33. The van der Waals surface area contributed by atoms with E-state index in [-0.39, 0.29) is 0 Å². The SMILES string of the molecule is C=C(CCCC)Cc1ccccc1. The van der Waals surface area contributed by atoms with Gasteiger partial charge in [-0.25, -0.2) is 0 Å². The minimum absolute atomic E-state index is 1.04. The molecule has 1 aromatic carbocycles. The van der Waals surface area contributed by atoms with Gasteiger partial charge in [0.2, 0.25) is 0 Å². The fourth-order valence-electron chi connectivity index (χ4n) is 1.40. The van der Waals surface area contributed by atoms with Crippen LogP contribution < -0.4 is 0 Å². The first-order valence-corrected chi connectivity index (χ1v) is 5.03. The molecule has 0 heterocycles. The molecule has 0 amide bonds. The van der Waals surface area contributed by atoms with Gasteiger partial charge in [0.1, 0.15) is 0 Å². The van der Waals surface area contributed by atoms with Gasteiger partial charge in [-0.3, -0.25) is 0 Å². The van der Waals surface area contributed by atoms with Crippen LogP contribution >= 0.6 is 0 Å². The van der Waals surface area contributed by atoms with Crippen molar-refractivity contribution in [3.05, 3.63) is 48.0 Å². The summed E-state index contributed by atoms with van der Waals surface area (Å²) in [7, 11) is 0. The van der Waals surface area contributed by atoms with Gasteiger partial charge in [-0.05, 0) is 24.8 Å². The molecule has 0 aromatic heterocycles. The third kappa shape index (κ3) is 3.93. The van der Waals surface area contributed by atoms with Gasteiger partial charge in [-0.1, -0.05) is 55.8 Å². The van der Waals surface area contributed by atoms with Crippen molar-refractivity contribution in [1.29, 1.82) is 0 Å². The van der Waals surface area contributed by atoms with Crippen LogP contribution in [-0.2, 0) is 6.42 Å². The van der Waals surface area contributed by atoms with E-state index in [0.29, 0.717) is 0 Å². The fourth-order valence-corrected chi connectivity index (χ4v) is 1.40. The van der Waals surface area contributed by atoms with Gasteiger partial charge in [0.25, 0.3) is 0 Å². The van der Waals surface area contributed by atoms with Gasteiger partial charge in [0.15, 0.2) is 0 Å². The maximum atomic E-state index is 4.09. The maximum Gasteiger partial charge on any atom is -0.00698 e. The van der Waals surface area contributed by atoms with E-state index in [1.54, 1.807) is 0 Å². The number of hydrogen-bond donors (Lipinski definition) is 0. The Hall–Kier alpha value is -1.04. The topological polar surface area (TPSA) is 0 Å². The van der Waals surface area contributed by atoms with Gasteiger partial charge in [0.05, 0.1) is 0 Å². The quantitative estimate of drug-likeness (QED) is 0.592. The van der Waals surface area contributed by atoms with Crippen LogP contribution in [0.15, 0.2) is 42.5 Å². The summed E-state index contributed by atoms with van der Waals surface area (Å²) >= 11 is 0. The van der Waals surface area contributed by atoms with Crippen molar-refractivity contribution < 1.29 is 0 Å². The van der Waals surface area contributed by atoms with Crippen LogP contribution in [0.4, 0.5) is 0 Å². The first-order valence-electron chi connectivity index (χ1n) is 5.03. The van der Waals surface area contributed by atoms with Gasteiger partial charge in [-0.15, -0.1) is 0 Å². The first kappa shape index (κ1) is 10.0. The van der Waals surface area contributed by atoms with Crippen molar-refractivity contribution in [3.8, 4) is 0 Å². The van der Waals surface area contributed by atoms with Gasteiger partial charge in [-0.2, -0.15) is 0 Å². The predicted octanol–water partition coefficient (Wildman–Crippen LogP) is 3.98. The van der Waals surface area contributed by atoms with Crippen LogP contribution in [0.5, 0.6) is 0 Å². The number of allylic oxidation sites excluding steroid dienone is 1. The lowest BCUT2D eigenvalue weighted by Crippen LogP contribution is -1.88. The Morgan fingerprint density at radius 1 is 1.23 bits per heavy atom. The lowest BCUT2D eigenvalue weighted by molar-refractivity contribution is 0.774. The molecule has 0 fully saturated rings. The highest BCUT2D eigenvalue weighted by Crippen LogP contribution is 2.11. The van der Waals surface area contributed by atoms with Crippen LogP contribution in [0.3, 0.4) is 0 Å². The molecule has 0 heteroatoms. The van der Waals surface area contributed by atoms with Gasteiger partial charge < -0.3 is 0 Å². The van der Waals surface area contributed by atoms with Crippen LogP contribution in [0.25, 0.3) is 0 Å². The molecule has 0 atom stereocenters. The van der Waals surface area contributed by atoms with Crippen LogP contribution in [0.2, 0.25) is 0 Å². The molecule has 0 aliphatic rings. The van der Waals surface area contributed by atoms with Crippen molar-refractivity contribution in [1.82, 2.24) is 0 Å². The Labute approximate surface area is 81.3 Å². The Morgan fingerprint density at radius 3 is 2.54 bits per heavy atom. The molecule has 0 saturated heterocycles. The van der Waals surface area contributed by atoms with Crippen LogP contribution in [-0.4, -0.2) is 0 Å². The van der Waals surface area contributed by atoms with Gasteiger partial charge >= 0.3 is 0 Å². The summed E-state index contributed by atoms with van der Waals surface area (Å²) < 4.78 is 0. The molecule has 0 aliphatic carbocycles. The smallest absolute Gasteiger partial charge is 0.00698 e. The Bertz CT molecular complexity index is 246. The third-order valence-electron chi connectivity index (χ3n) is 2.18. The highest BCUT2D eigenvalue weighted by molar-refractivity contribution is 5.20. The molecule has 0 radical (unpaired) electrons. The molecule has 13 heavy (non-hydrogen) atoms. The Morgan fingerprint density at radius 2 is 1.92 bits per heavy atom. The zero-order valence-corrected chi connectivity index (χ0v) is 8.42. The lowest BCUT2D eigenvalue weighted by atomic mass is 10.0. The number of unbranched alkanes of at least 4 members (excludes halogenated alkanes) is 1. The van der Waals surface area contributed by atoms with E-state index in [9.17, 15) is 0 Å². The number of rotatable bonds is 5. The largest absolute Gasteiger partial charge is 0.0995 e. The summed E-state index contributed by atoms with van der Waals surface area (Å²) in [6, 6.07) is 10.6. The highest BCUT2D eigenvalue weighted by Gasteiger charge is 1.95. The average Bonchev–Trinajstić information content (AvgIpc) is 2.16. The van der Waals surface area contributed by atoms with Crippen molar-refractivity contribution >= 4 is 0 Å². The van der Waals surface area contributed by atoms with E-state index in [1.807, 2.05) is 0 Å². The summed E-state index contributed by atoms with van der Waals surface area (Å²) in [6.07, 6.45) is 4.74. The molecule has 0 nitrogen and oxygen atoms in total. The van der Waals surface area contributed by atoms with E-state index in [1.165, 1.54) is 30.4 Å². The van der Waals surface area contributed by atoms with E-state index < -0.39 is 0 Å². The summed E-state index contributed by atoms with van der Waals surface area (Å²) in [4.78, 5) is 0. The monoisotopic (exact) mass is 174 g/mol. The van der Waals surface area contributed by atoms with E-state index in [4.69, 9.17) is 0 Å². The minimum Gasteiger partial charge on any atom is -0.0995 e. The second kappa shape index (κ2) is 5.58. The van der Waals surface area contributed by atoms with E-state index in [2.05, 4.69) is 43.8 Å². The summed E-state index contributed by atoms with van der Waals surface area (Å²) in [5.41, 5.74) is 2.73. The molecular weight excluding hydrogens is 156 g/mol.